The normalized spacial score (nSPS) is 18.6. The molecule has 2 aromatic rings. The van der Waals surface area contributed by atoms with Crippen LogP contribution in [0.2, 0.25) is 0 Å². The summed E-state index contributed by atoms with van der Waals surface area (Å²) in [7, 11) is 0. The minimum absolute atomic E-state index is 0.248. The van der Waals surface area contributed by atoms with Crippen molar-refractivity contribution in [3.63, 3.8) is 0 Å². The number of nitrogens with two attached hydrogens (primary N) is 1. The van der Waals surface area contributed by atoms with Gasteiger partial charge < -0.3 is 15.2 Å². The summed E-state index contributed by atoms with van der Waals surface area (Å²) < 4.78 is 10.8. The monoisotopic (exact) mass is 215 g/mol. The minimum Gasteiger partial charge on any atom is -0.488 e. The van der Waals surface area contributed by atoms with Crippen molar-refractivity contribution in [3.8, 4) is 5.75 Å². The lowest BCUT2D eigenvalue weighted by Gasteiger charge is -2.10. The van der Waals surface area contributed by atoms with Crippen molar-refractivity contribution >= 4 is 16.5 Å². The number of nitrogen functional groups attached to an aromatic ring is 1. The number of epoxide rings is 1. The standard InChI is InChI=1S/C13H13NO2/c14-12-6-5-9-3-1-2-4-11(9)13(12)16-8-10-7-15-10/h1-6,10H,7-8,14H2. The van der Waals surface area contributed by atoms with E-state index in [-0.39, 0.29) is 6.10 Å². The Balaban J connectivity index is 2.01. The Morgan fingerprint density at radius 2 is 2.06 bits per heavy atom. The Bertz CT molecular complexity index is 520. The van der Waals surface area contributed by atoms with Crippen LogP contribution in [0.25, 0.3) is 10.8 Å². The van der Waals surface area contributed by atoms with E-state index in [1.54, 1.807) is 0 Å². The van der Waals surface area contributed by atoms with E-state index in [9.17, 15) is 0 Å². The number of hydrogen-bond donors (Lipinski definition) is 1. The van der Waals surface area contributed by atoms with Gasteiger partial charge in [-0.3, -0.25) is 0 Å². The molecule has 1 aliphatic rings. The third-order valence-electron chi connectivity index (χ3n) is 2.73. The van der Waals surface area contributed by atoms with Crippen LogP contribution in [-0.2, 0) is 4.74 Å². The number of rotatable bonds is 3. The van der Waals surface area contributed by atoms with E-state index in [0.717, 1.165) is 23.1 Å². The van der Waals surface area contributed by atoms with E-state index in [0.29, 0.717) is 12.3 Å². The van der Waals surface area contributed by atoms with Gasteiger partial charge in [-0.2, -0.15) is 0 Å². The Hall–Kier alpha value is -1.74. The summed E-state index contributed by atoms with van der Waals surface area (Å²) in [5.74, 6) is 0.772. The van der Waals surface area contributed by atoms with Crippen LogP contribution in [0.1, 0.15) is 0 Å². The zero-order chi connectivity index (χ0) is 11.0. The fourth-order valence-corrected chi connectivity index (χ4v) is 1.76. The molecular formula is C13H13NO2. The lowest BCUT2D eigenvalue weighted by atomic mass is 10.1. The number of hydrogen-bond acceptors (Lipinski definition) is 3. The van der Waals surface area contributed by atoms with Crippen LogP contribution in [0.5, 0.6) is 5.75 Å². The highest BCUT2D eigenvalue weighted by Crippen LogP contribution is 2.32. The second kappa shape index (κ2) is 3.68. The van der Waals surface area contributed by atoms with Crippen LogP contribution < -0.4 is 10.5 Å². The third kappa shape index (κ3) is 1.70. The number of fused-ring (bicyclic) bond motifs is 1. The third-order valence-corrected chi connectivity index (χ3v) is 2.73. The second-order valence-electron chi connectivity index (χ2n) is 3.97. The van der Waals surface area contributed by atoms with Crippen LogP contribution in [0.3, 0.4) is 0 Å². The lowest BCUT2D eigenvalue weighted by Crippen LogP contribution is -2.06. The number of ether oxygens (including phenoxy) is 2. The van der Waals surface area contributed by atoms with E-state index in [2.05, 4.69) is 6.07 Å². The summed E-state index contributed by atoms with van der Waals surface area (Å²) in [4.78, 5) is 0. The molecule has 2 N–H and O–H groups in total. The van der Waals surface area contributed by atoms with E-state index >= 15 is 0 Å². The van der Waals surface area contributed by atoms with Crippen molar-refractivity contribution in [2.75, 3.05) is 18.9 Å². The highest BCUT2D eigenvalue weighted by Gasteiger charge is 2.23. The van der Waals surface area contributed by atoms with Gasteiger partial charge in [0.05, 0.1) is 12.3 Å². The smallest absolute Gasteiger partial charge is 0.150 e. The van der Waals surface area contributed by atoms with E-state index in [1.807, 2.05) is 30.3 Å². The first kappa shape index (κ1) is 9.48. The largest absolute Gasteiger partial charge is 0.488 e. The molecule has 0 spiro atoms. The molecule has 0 bridgehead atoms. The predicted molar refractivity (Wildman–Crippen MR) is 63.6 cm³/mol. The Kier molecular flexibility index (Phi) is 2.18. The molecular weight excluding hydrogens is 202 g/mol. The summed E-state index contributed by atoms with van der Waals surface area (Å²) in [6, 6.07) is 12.0. The summed E-state index contributed by atoms with van der Waals surface area (Å²) in [5.41, 5.74) is 6.61. The van der Waals surface area contributed by atoms with Crippen LogP contribution >= 0.6 is 0 Å². The van der Waals surface area contributed by atoms with Gasteiger partial charge in [-0.05, 0) is 11.5 Å². The van der Waals surface area contributed by atoms with E-state index in [4.69, 9.17) is 15.2 Å². The predicted octanol–water partition coefficient (Wildman–Crippen LogP) is 2.20. The molecule has 3 heteroatoms. The maximum atomic E-state index is 5.93. The molecule has 3 rings (SSSR count). The van der Waals surface area contributed by atoms with Gasteiger partial charge in [0, 0.05) is 5.39 Å². The summed E-state index contributed by atoms with van der Waals surface area (Å²) in [6.45, 7) is 1.38. The highest BCUT2D eigenvalue weighted by molar-refractivity contribution is 5.92. The van der Waals surface area contributed by atoms with Gasteiger partial charge in [0.25, 0.3) is 0 Å². The second-order valence-corrected chi connectivity index (χ2v) is 3.97. The Labute approximate surface area is 93.8 Å². The summed E-state index contributed by atoms with van der Waals surface area (Å²) in [6.07, 6.45) is 0.248. The molecule has 1 atom stereocenters. The molecule has 1 heterocycles. The van der Waals surface area contributed by atoms with Crippen LogP contribution in [0, 0.1) is 0 Å². The van der Waals surface area contributed by atoms with E-state index in [1.165, 1.54) is 0 Å². The molecule has 1 aliphatic heterocycles. The van der Waals surface area contributed by atoms with Crippen molar-refractivity contribution in [2.24, 2.45) is 0 Å². The molecule has 0 amide bonds. The quantitative estimate of drug-likeness (QED) is 0.630. The van der Waals surface area contributed by atoms with Crippen molar-refractivity contribution < 1.29 is 9.47 Å². The number of benzene rings is 2. The van der Waals surface area contributed by atoms with Gasteiger partial charge in [-0.1, -0.05) is 30.3 Å². The van der Waals surface area contributed by atoms with Crippen LogP contribution in [0.15, 0.2) is 36.4 Å². The summed E-state index contributed by atoms with van der Waals surface area (Å²) in [5, 5.41) is 2.20. The first-order valence-corrected chi connectivity index (χ1v) is 5.36. The first-order chi connectivity index (χ1) is 7.84. The molecule has 16 heavy (non-hydrogen) atoms. The SMILES string of the molecule is Nc1ccc2ccccc2c1OCC1CO1. The first-order valence-electron chi connectivity index (χ1n) is 5.36. The van der Waals surface area contributed by atoms with Crippen LogP contribution in [0.4, 0.5) is 5.69 Å². The summed E-state index contributed by atoms with van der Waals surface area (Å²) >= 11 is 0. The van der Waals surface area contributed by atoms with Gasteiger partial charge in [0.2, 0.25) is 0 Å². The Morgan fingerprint density at radius 3 is 2.88 bits per heavy atom. The number of anilines is 1. The van der Waals surface area contributed by atoms with E-state index < -0.39 is 0 Å². The fraction of sp³-hybridized carbons (Fsp3) is 0.231. The lowest BCUT2D eigenvalue weighted by molar-refractivity contribution is 0.266. The van der Waals surface area contributed by atoms with Gasteiger partial charge >= 0.3 is 0 Å². The van der Waals surface area contributed by atoms with Crippen molar-refractivity contribution in [1.29, 1.82) is 0 Å². The molecule has 2 aromatic carbocycles. The maximum Gasteiger partial charge on any atom is 0.150 e. The van der Waals surface area contributed by atoms with Gasteiger partial charge in [0.15, 0.2) is 0 Å². The maximum absolute atomic E-state index is 5.93. The molecule has 1 unspecified atom stereocenters. The van der Waals surface area contributed by atoms with Gasteiger partial charge in [-0.25, -0.2) is 0 Å². The zero-order valence-electron chi connectivity index (χ0n) is 8.85. The average Bonchev–Trinajstić information content (AvgIpc) is 3.12. The van der Waals surface area contributed by atoms with Crippen LogP contribution in [-0.4, -0.2) is 19.3 Å². The molecule has 0 radical (unpaired) electrons. The van der Waals surface area contributed by atoms with Crippen molar-refractivity contribution in [3.05, 3.63) is 36.4 Å². The fourth-order valence-electron chi connectivity index (χ4n) is 1.76. The van der Waals surface area contributed by atoms with Gasteiger partial charge in [-0.15, -0.1) is 0 Å². The Morgan fingerprint density at radius 1 is 1.25 bits per heavy atom. The minimum atomic E-state index is 0.248. The molecule has 0 aliphatic carbocycles. The average molecular weight is 215 g/mol. The molecule has 1 saturated heterocycles. The molecule has 1 fully saturated rings. The van der Waals surface area contributed by atoms with Crippen molar-refractivity contribution in [1.82, 2.24) is 0 Å². The molecule has 3 nitrogen and oxygen atoms in total. The molecule has 82 valence electrons. The zero-order valence-corrected chi connectivity index (χ0v) is 8.85. The molecule has 0 aromatic heterocycles. The highest BCUT2D eigenvalue weighted by atomic mass is 16.6. The topological polar surface area (TPSA) is 47.8 Å². The van der Waals surface area contributed by atoms with Gasteiger partial charge in [0.1, 0.15) is 18.5 Å². The molecule has 0 saturated carbocycles. The van der Waals surface area contributed by atoms with Crippen molar-refractivity contribution in [2.45, 2.75) is 6.10 Å².